The van der Waals surface area contributed by atoms with Gasteiger partial charge >= 0.3 is 5.97 Å². The fourth-order valence-electron chi connectivity index (χ4n) is 2.75. The lowest BCUT2D eigenvalue weighted by Crippen LogP contribution is -2.36. The van der Waals surface area contributed by atoms with Crippen molar-refractivity contribution in [3.63, 3.8) is 0 Å². The van der Waals surface area contributed by atoms with Gasteiger partial charge in [0.2, 0.25) is 5.91 Å². The van der Waals surface area contributed by atoms with E-state index in [1.165, 1.54) is 0 Å². The molecule has 1 heterocycles. The first-order chi connectivity index (χ1) is 10.1. The molecule has 2 unspecified atom stereocenters. The number of carbonyl (C=O) groups excluding carboxylic acids is 1. The van der Waals surface area contributed by atoms with Gasteiger partial charge in [-0.3, -0.25) is 4.79 Å². The molecule has 114 valence electrons. The molecule has 1 fully saturated rings. The van der Waals surface area contributed by atoms with Gasteiger partial charge in [-0.25, -0.2) is 4.79 Å². The highest BCUT2D eigenvalue weighted by molar-refractivity contribution is 5.89. The highest BCUT2D eigenvalue weighted by Crippen LogP contribution is 2.23. The Labute approximate surface area is 124 Å². The lowest BCUT2D eigenvalue weighted by molar-refractivity contribution is -0.126. The van der Waals surface area contributed by atoms with E-state index >= 15 is 0 Å². The molecule has 0 spiro atoms. The maximum Gasteiger partial charge on any atom is 0.335 e. The first kappa shape index (κ1) is 15.5. The predicted octanol–water partition coefficient (Wildman–Crippen LogP) is 1.86. The molecular formula is C16H21NO4. The summed E-state index contributed by atoms with van der Waals surface area (Å²) in [5, 5.41) is 12.0. The van der Waals surface area contributed by atoms with E-state index in [1.54, 1.807) is 18.2 Å². The third-order valence-corrected chi connectivity index (χ3v) is 3.89. The van der Waals surface area contributed by atoms with Gasteiger partial charge in [-0.2, -0.15) is 0 Å². The summed E-state index contributed by atoms with van der Waals surface area (Å²) in [6.07, 6.45) is 2.12. The van der Waals surface area contributed by atoms with E-state index < -0.39 is 5.97 Å². The van der Waals surface area contributed by atoms with Crippen LogP contribution in [0.3, 0.4) is 0 Å². The molecule has 5 nitrogen and oxygen atoms in total. The second-order valence-electron chi connectivity index (χ2n) is 5.22. The standard InChI is InChI=1S/C16H21NO4/c1-2-14-13(8-10-21-14)15(18)17-9-7-11-5-3-4-6-12(11)16(19)20/h3-6,13-14H,2,7-10H2,1H3,(H,17,18)(H,19,20). The van der Waals surface area contributed by atoms with Gasteiger partial charge < -0.3 is 15.2 Å². The van der Waals surface area contributed by atoms with E-state index in [0.717, 1.165) is 18.4 Å². The molecule has 2 N–H and O–H groups in total. The normalized spacial score (nSPS) is 21.2. The van der Waals surface area contributed by atoms with Crippen molar-refractivity contribution < 1.29 is 19.4 Å². The van der Waals surface area contributed by atoms with E-state index in [2.05, 4.69) is 5.32 Å². The van der Waals surface area contributed by atoms with E-state index in [-0.39, 0.29) is 17.9 Å². The van der Waals surface area contributed by atoms with Crippen LogP contribution in [-0.2, 0) is 16.0 Å². The molecule has 0 aromatic heterocycles. The minimum atomic E-state index is -0.938. The number of ether oxygens (including phenoxy) is 1. The van der Waals surface area contributed by atoms with E-state index in [4.69, 9.17) is 9.84 Å². The van der Waals surface area contributed by atoms with Crippen molar-refractivity contribution in [1.29, 1.82) is 0 Å². The Morgan fingerprint density at radius 3 is 2.86 bits per heavy atom. The van der Waals surface area contributed by atoms with Gasteiger partial charge in [0.05, 0.1) is 17.6 Å². The summed E-state index contributed by atoms with van der Waals surface area (Å²) in [6, 6.07) is 6.87. The van der Waals surface area contributed by atoms with Crippen LogP contribution in [0.15, 0.2) is 24.3 Å². The number of hydrogen-bond acceptors (Lipinski definition) is 3. The largest absolute Gasteiger partial charge is 0.478 e. The lowest BCUT2D eigenvalue weighted by atomic mass is 9.98. The minimum Gasteiger partial charge on any atom is -0.478 e. The van der Waals surface area contributed by atoms with Gasteiger partial charge in [-0.1, -0.05) is 25.1 Å². The Balaban J connectivity index is 1.87. The maximum atomic E-state index is 12.1. The van der Waals surface area contributed by atoms with Crippen LogP contribution in [-0.4, -0.2) is 36.2 Å². The van der Waals surface area contributed by atoms with Crippen LogP contribution in [0.2, 0.25) is 0 Å². The molecule has 0 radical (unpaired) electrons. The molecule has 0 saturated carbocycles. The number of carbonyl (C=O) groups is 2. The Bertz CT molecular complexity index is 515. The number of rotatable bonds is 6. The molecule has 1 aromatic rings. The van der Waals surface area contributed by atoms with Crippen molar-refractivity contribution in [2.45, 2.75) is 32.3 Å². The first-order valence-corrected chi connectivity index (χ1v) is 7.34. The zero-order valence-electron chi connectivity index (χ0n) is 12.2. The summed E-state index contributed by atoms with van der Waals surface area (Å²) < 4.78 is 5.51. The van der Waals surface area contributed by atoms with Crippen LogP contribution < -0.4 is 5.32 Å². The van der Waals surface area contributed by atoms with E-state index in [9.17, 15) is 9.59 Å². The molecule has 1 saturated heterocycles. The first-order valence-electron chi connectivity index (χ1n) is 7.34. The number of nitrogens with one attached hydrogen (secondary N) is 1. The summed E-state index contributed by atoms with van der Waals surface area (Å²) >= 11 is 0. The van der Waals surface area contributed by atoms with Crippen LogP contribution in [0.25, 0.3) is 0 Å². The number of hydrogen-bond donors (Lipinski definition) is 2. The summed E-state index contributed by atoms with van der Waals surface area (Å²) in [6.45, 7) is 3.09. The van der Waals surface area contributed by atoms with Gasteiger partial charge in [0, 0.05) is 13.2 Å². The summed E-state index contributed by atoms with van der Waals surface area (Å²) in [5.41, 5.74) is 1.03. The number of carboxylic acids is 1. The number of amides is 1. The van der Waals surface area contributed by atoms with Crippen LogP contribution in [0.4, 0.5) is 0 Å². The Hall–Kier alpha value is -1.88. The Morgan fingerprint density at radius 2 is 2.14 bits per heavy atom. The fourth-order valence-corrected chi connectivity index (χ4v) is 2.75. The second-order valence-corrected chi connectivity index (χ2v) is 5.22. The number of carboxylic acid groups (broad SMARTS) is 1. The Morgan fingerprint density at radius 1 is 1.38 bits per heavy atom. The molecule has 2 rings (SSSR count). The molecule has 0 aliphatic carbocycles. The summed E-state index contributed by atoms with van der Waals surface area (Å²) in [5.74, 6) is -1.01. The third-order valence-electron chi connectivity index (χ3n) is 3.89. The molecular weight excluding hydrogens is 270 g/mol. The van der Waals surface area contributed by atoms with Crippen LogP contribution in [0.5, 0.6) is 0 Å². The van der Waals surface area contributed by atoms with Crippen molar-refractivity contribution in [2.24, 2.45) is 5.92 Å². The van der Waals surface area contributed by atoms with Crippen molar-refractivity contribution in [3.05, 3.63) is 35.4 Å². The van der Waals surface area contributed by atoms with Gasteiger partial charge in [0.1, 0.15) is 0 Å². The highest BCUT2D eigenvalue weighted by atomic mass is 16.5. The molecule has 1 aliphatic rings. The highest BCUT2D eigenvalue weighted by Gasteiger charge is 2.32. The van der Waals surface area contributed by atoms with Crippen molar-refractivity contribution in [3.8, 4) is 0 Å². The van der Waals surface area contributed by atoms with Gasteiger partial charge in [0.15, 0.2) is 0 Å². The fraction of sp³-hybridized carbons (Fsp3) is 0.500. The second kappa shape index (κ2) is 7.22. The summed E-state index contributed by atoms with van der Waals surface area (Å²) in [7, 11) is 0. The van der Waals surface area contributed by atoms with Gasteiger partial charge in [-0.15, -0.1) is 0 Å². The zero-order chi connectivity index (χ0) is 15.2. The quantitative estimate of drug-likeness (QED) is 0.839. The van der Waals surface area contributed by atoms with Crippen LogP contribution >= 0.6 is 0 Å². The topological polar surface area (TPSA) is 75.6 Å². The zero-order valence-corrected chi connectivity index (χ0v) is 12.2. The number of benzene rings is 1. The molecule has 1 aromatic carbocycles. The van der Waals surface area contributed by atoms with E-state index in [1.807, 2.05) is 13.0 Å². The molecule has 2 atom stereocenters. The lowest BCUT2D eigenvalue weighted by Gasteiger charge is -2.16. The smallest absolute Gasteiger partial charge is 0.335 e. The van der Waals surface area contributed by atoms with Crippen molar-refractivity contribution >= 4 is 11.9 Å². The van der Waals surface area contributed by atoms with Crippen molar-refractivity contribution in [1.82, 2.24) is 5.32 Å². The van der Waals surface area contributed by atoms with Crippen molar-refractivity contribution in [2.75, 3.05) is 13.2 Å². The third kappa shape index (κ3) is 3.82. The predicted molar refractivity (Wildman–Crippen MR) is 78.3 cm³/mol. The average molecular weight is 291 g/mol. The van der Waals surface area contributed by atoms with E-state index in [0.29, 0.717) is 25.1 Å². The average Bonchev–Trinajstić information content (AvgIpc) is 2.96. The Kier molecular flexibility index (Phi) is 5.33. The molecule has 1 aliphatic heterocycles. The van der Waals surface area contributed by atoms with Crippen LogP contribution in [0.1, 0.15) is 35.7 Å². The van der Waals surface area contributed by atoms with Gasteiger partial charge in [0.25, 0.3) is 0 Å². The molecule has 1 amide bonds. The molecule has 0 bridgehead atoms. The number of aromatic carboxylic acids is 1. The van der Waals surface area contributed by atoms with Crippen LogP contribution in [0, 0.1) is 5.92 Å². The SMILES string of the molecule is CCC1OCCC1C(=O)NCCc1ccccc1C(=O)O. The monoisotopic (exact) mass is 291 g/mol. The minimum absolute atomic E-state index is 0.00663. The molecule has 21 heavy (non-hydrogen) atoms. The summed E-state index contributed by atoms with van der Waals surface area (Å²) in [4.78, 5) is 23.2. The van der Waals surface area contributed by atoms with Gasteiger partial charge in [-0.05, 0) is 30.9 Å². The molecule has 5 heteroatoms. The maximum absolute atomic E-state index is 12.1.